The summed E-state index contributed by atoms with van der Waals surface area (Å²) < 4.78 is 16.7. The van der Waals surface area contributed by atoms with Gasteiger partial charge < -0.3 is 14.2 Å². The van der Waals surface area contributed by atoms with Crippen LogP contribution in [0.5, 0.6) is 0 Å². The number of unbranched alkanes of at least 4 members (excludes halogenated alkanes) is 26. The number of allylic oxidation sites excluding steroid dienone is 6. The fraction of sp³-hybridized carbons (Fsp3) is 0.820. The predicted molar refractivity (Wildman–Crippen MR) is 238 cm³/mol. The van der Waals surface area contributed by atoms with E-state index >= 15 is 0 Å². The van der Waals surface area contributed by atoms with Crippen molar-refractivity contribution in [3.8, 4) is 0 Å². The molecule has 0 aromatic heterocycles. The Labute approximate surface area is 346 Å². The summed E-state index contributed by atoms with van der Waals surface area (Å²) in [4.78, 5) is 37.7. The molecule has 0 aliphatic rings. The monoisotopic (exact) mass is 787 g/mol. The Hall–Kier alpha value is -2.37. The van der Waals surface area contributed by atoms with Crippen LogP contribution in [0.2, 0.25) is 0 Å². The second-order valence-electron chi connectivity index (χ2n) is 16.0. The molecule has 6 heteroatoms. The van der Waals surface area contributed by atoms with E-state index in [9.17, 15) is 14.4 Å². The van der Waals surface area contributed by atoms with Crippen molar-refractivity contribution in [1.82, 2.24) is 0 Å². The second-order valence-corrected chi connectivity index (χ2v) is 16.0. The topological polar surface area (TPSA) is 78.9 Å². The van der Waals surface area contributed by atoms with Gasteiger partial charge in [-0.25, -0.2) is 0 Å². The lowest BCUT2D eigenvalue weighted by molar-refractivity contribution is -0.167. The van der Waals surface area contributed by atoms with Crippen LogP contribution in [0.3, 0.4) is 0 Å². The third kappa shape index (κ3) is 42.8. The normalized spacial score (nSPS) is 12.3. The Morgan fingerprint density at radius 3 is 1.09 bits per heavy atom. The fourth-order valence-corrected chi connectivity index (χ4v) is 6.71. The van der Waals surface area contributed by atoms with E-state index in [4.69, 9.17) is 14.2 Å². The first kappa shape index (κ1) is 53.6. The molecule has 0 aromatic carbocycles. The van der Waals surface area contributed by atoms with Crippen LogP contribution >= 0.6 is 0 Å². The van der Waals surface area contributed by atoms with E-state index in [0.717, 1.165) is 89.9 Å². The van der Waals surface area contributed by atoms with Gasteiger partial charge in [-0.05, 0) is 70.6 Å². The minimum absolute atomic E-state index is 0.0762. The van der Waals surface area contributed by atoms with Gasteiger partial charge >= 0.3 is 17.9 Å². The van der Waals surface area contributed by atoms with E-state index in [0.29, 0.717) is 19.3 Å². The largest absolute Gasteiger partial charge is 0.462 e. The molecule has 1 unspecified atom stereocenters. The lowest BCUT2D eigenvalue weighted by Gasteiger charge is -2.18. The summed E-state index contributed by atoms with van der Waals surface area (Å²) in [7, 11) is 0. The summed E-state index contributed by atoms with van der Waals surface area (Å²) >= 11 is 0. The minimum Gasteiger partial charge on any atom is -0.462 e. The van der Waals surface area contributed by atoms with Gasteiger partial charge in [0.15, 0.2) is 6.10 Å². The van der Waals surface area contributed by atoms with E-state index in [1.807, 2.05) is 0 Å². The van der Waals surface area contributed by atoms with Crippen molar-refractivity contribution in [2.24, 2.45) is 0 Å². The van der Waals surface area contributed by atoms with Crippen molar-refractivity contribution in [2.45, 2.75) is 252 Å². The van der Waals surface area contributed by atoms with Gasteiger partial charge in [-0.1, -0.05) is 192 Å². The third-order valence-electron chi connectivity index (χ3n) is 10.3. The van der Waals surface area contributed by atoms with Crippen LogP contribution in [-0.4, -0.2) is 37.2 Å². The molecule has 0 N–H and O–H groups in total. The van der Waals surface area contributed by atoms with E-state index in [2.05, 4.69) is 57.2 Å². The molecule has 0 aliphatic carbocycles. The molecule has 0 amide bonds. The van der Waals surface area contributed by atoms with Crippen molar-refractivity contribution in [3.05, 3.63) is 36.5 Å². The van der Waals surface area contributed by atoms with E-state index in [-0.39, 0.29) is 31.1 Å². The first-order valence-electron chi connectivity index (χ1n) is 24.0. The SMILES string of the molecule is CCC/C=C\CCCCCCCC(=O)OC(COC(=O)CCCCCCCCC/C=C\C/C=C\CCCCCC)COC(=O)CCCCCCCCCCCC. The van der Waals surface area contributed by atoms with E-state index < -0.39 is 6.10 Å². The van der Waals surface area contributed by atoms with Crippen LogP contribution in [0.1, 0.15) is 245 Å². The van der Waals surface area contributed by atoms with Crippen LogP contribution in [0.15, 0.2) is 36.5 Å². The van der Waals surface area contributed by atoms with E-state index in [1.54, 1.807) is 0 Å². The van der Waals surface area contributed by atoms with Crippen LogP contribution in [0, 0.1) is 0 Å². The minimum atomic E-state index is -0.773. The number of ether oxygens (including phenoxy) is 3. The van der Waals surface area contributed by atoms with Gasteiger partial charge in [0.05, 0.1) is 0 Å². The van der Waals surface area contributed by atoms with Crippen LogP contribution in [0.4, 0.5) is 0 Å². The molecule has 326 valence electrons. The van der Waals surface area contributed by atoms with Crippen LogP contribution < -0.4 is 0 Å². The lowest BCUT2D eigenvalue weighted by atomic mass is 10.1. The Bertz CT molecular complexity index is 953. The Balaban J connectivity index is 4.30. The van der Waals surface area contributed by atoms with Crippen molar-refractivity contribution < 1.29 is 28.6 Å². The number of rotatable bonds is 43. The molecule has 1 atom stereocenters. The van der Waals surface area contributed by atoms with Crippen molar-refractivity contribution in [1.29, 1.82) is 0 Å². The first-order chi connectivity index (χ1) is 27.5. The Morgan fingerprint density at radius 1 is 0.357 bits per heavy atom. The number of hydrogen-bond acceptors (Lipinski definition) is 6. The summed E-state index contributed by atoms with van der Waals surface area (Å²) in [6, 6.07) is 0. The molecule has 0 aliphatic heterocycles. The summed E-state index contributed by atoms with van der Waals surface area (Å²) in [6.45, 7) is 6.54. The molecular weight excluding hydrogens is 697 g/mol. The van der Waals surface area contributed by atoms with Crippen LogP contribution in [-0.2, 0) is 28.6 Å². The van der Waals surface area contributed by atoms with Crippen molar-refractivity contribution in [3.63, 3.8) is 0 Å². The van der Waals surface area contributed by atoms with Gasteiger partial charge in [0.2, 0.25) is 0 Å². The number of carbonyl (C=O) groups excluding carboxylic acids is 3. The van der Waals surface area contributed by atoms with Gasteiger partial charge in [0.1, 0.15) is 13.2 Å². The molecule has 6 nitrogen and oxygen atoms in total. The second kappa shape index (κ2) is 45.3. The number of hydrogen-bond donors (Lipinski definition) is 0. The maximum atomic E-state index is 12.7. The van der Waals surface area contributed by atoms with Crippen molar-refractivity contribution >= 4 is 17.9 Å². The molecule has 0 heterocycles. The summed E-state index contributed by atoms with van der Waals surface area (Å²) in [5.74, 6) is -0.893. The van der Waals surface area contributed by atoms with Crippen molar-refractivity contribution in [2.75, 3.05) is 13.2 Å². The maximum absolute atomic E-state index is 12.7. The molecule has 0 bridgehead atoms. The standard InChI is InChI=1S/C50H90O6/c1-4-7-10-13-16-19-22-23-24-25-26-27-28-29-32-34-37-40-43-49(52)55-46-47(56-50(53)44-41-38-35-31-21-18-15-12-9-6-3)45-54-48(51)42-39-36-33-30-20-17-14-11-8-5-2/h12,15,19,22,24-25,47H,4-11,13-14,16-18,20-21,23,26-46H2,1-3H3/b15-12-,22-19-,25-24-. The highest BCUT2D eigenvalue weighted by molar-refractivity contribution is 5.71. The number of carbonyl (C=O) groups is 3. The summed E-state index contributed by atoms with van der Waals surface area (Å²) in [5, 5.41) is 0. The highest BCUT2D eigenvalue weighted by Gasteiger charge is 2.19. The van der Waals surface area contributed by atoms with Gasteiger partial charge in [-0.2, -0.15) is 0 Å². The first-order valence-corrected chi connectivity index (χ1v) is 24.0. The maximum Gasteiger partial charge on any atom is 0.306 e. The van der Waals surface area contributed by atoms with E-state index in [1.165, 1.54) is 116 Å². The zero-order chi connectivity index (χ0) is 40.8. The Kier molecular flexibility index (Phi) is 43.4. The smallest absolute Gasteiger partial charge is 0.306 e. The molecule has 0 aromatic rings. The summed E-state index contributed by atoms with van der Waals surface area (Å²) in [5.41, 5.74) is 0. The summed E-state index contributed by atoms with van der Waals surface area (Å²) in [6.07, 6.45) is 51.3. The Morgan fingerprint density at radius 2 is 0.679 bits per heavy atom. The molecule has 0 fully saturated rings. The molecular formula is C50H90O6. The molecule has 56 heavy (non-hydrogen) atoms. The molecule has 0 saturated carbocycles. The zero-order valence-corrected chi connectivity index (χ0v) is 37.2. The third-order valence-corrected chi connectivity index (χ3v) is 10.3. The zero-order valence-electron chi connectivity index (χ0n) is 37.2. The highest BCUT2D eigenvalue weighted by Crippen LogP contribution is 2.14. The van der Waals surface area contributed by atoms with Crippen LogP contribution in [0.25, 0.3) is 0 Å². The van der Waals surface area contributed by atoms with Gasteiger partial charge in [0.25, 0.3) is 0 Å². The number of esters is 3. The lowest BCUT2D eigenvalue weighted by Crippen LogP contribution is -2.30. The average molecular weight is 787 g/mol. The highest BCUT2D eigenvalue weighted by atomic mass is 16.6. The predicted octanol–water partition coefficient (Wildman–Crippen LogP) is 15.4. The molecule has 0 rings (SSSR count). The molecule has 0 spiro atoms. The van der Waals surface area contributed by atoms with Gasteiger partial charge in [0, 0.05) is 19.3 Å². The molecule has 0 saturated heterocycles. The quantitative estimate of drug-likeness (QED) is 0.0265. The van der Waals surface area contributed by atoms with Gasteiger partial charge in [-0.15, -0.1) is 0 Å². The fourth-order valence-electron chi connectivity index (χ4n) is 6.71. The molecule has 0 radical (unpaired) electrons. The average Bonchev–Trinajstić information content (AvgIpc) is 3.19. The van der Waals surface area contributed by atoms with Gasteiger partial charge in [-0.3, -0.25) is 14.4 Å².